The fourth-order valence-corrected chi connectivity index (χ4v) is 6.01. The van der Waals surface area contributed by atoms with Gasteiger partial charge in [-0.15, -0.1) is 0 Å². The predicted molar refractivity (Wildman–Crippen MR) is 143 cm³/mol. The number of nitriles is 1. The number of nitrogens with one attached hydrogen (secondary N) is 1. The molecule has 0 radical (unpaired) electrons. The first kappa shape index (κ1) is 27.3. The number of pyridine rings is 1. The zero-order chi connectivity index (χ0) is 29.6. The molecule has 2 aromatic carbocycles. The van der Waals surface area contributed by atoms with Gasteiger partial charge in [-0.25, -0.2) is 27.8 Å². The summed E-state index contributed by atoms with van der Waals surface area (Å²) < 4.78 is 47.3. The standard InChI is InChI=1S/C30H24F3N5O4/c31-20-5-3-6-22(13-20)38(26(39)24-17-42-28(41)37(24)25-12-18(16-34)9-11-35-25)30(10-8-19-4-1-2-7-23(19)30)27(40)36-21-14-29(32,33)15-21/h1-7,9,11-13,21,24H,8,10,14-15,17H2,(H,36,40)/t24-,30-/m0/s1. The van der Waals surface area contributed by atoms with Crippen LogP contribution in [-0.4, -0.2) is 47.5 Å². The number of aryl methyl sites for hydroxylation is 1. The molecule has 0 unspecified atom stereocenters. The monoisotopic (exact) mass is 575 g/mol. The number of hydrogen-bond acceptors (Lipinski definition) is 6. The summed E-state index contributed by atoms with van der Waals surface area (Å²) in [6, 6.07) is 14.7. The van der Waals surface area contributed by atoms with Crippen LogP contribution >= 0.6 is 0 Å². The zero-order valence-corrected chi connectivity index (χ0v) is 22.1. The van der Waals surface area contributed by atoms with E-state index in [1.165, 1.54) is 36.5 Å². The number of carbonyl (C=O) groups is 3. The van der Waals surface area contributed by atoms with Crippen molar-refractivity contribution in [3.63, 3.8) is 0 Å². The van der Waals surface area contributed by atoms with E-state index in [1.807, 2.05) is 12.1 Å². The maximum absolute atomic E-state index is 14.7. The first-order valence-corrected chi connectivity index (χ1v) is 13.3. The van der Waals surface area contributed by atoms with Crippen molar-refractivity contribution >= 4 is 29.4 Å². The van der Waals surface area contributed by atoms with Crippen LogP contribution in [0.4, 0.5) is 29.5 Å². The van der Waals surface area contributed by atoms with Gasteiger partial charge in [0.25, 0.3) is 17.7 Å². The number of anilines is 2. The summed E-state index contributed by atoms with van der Waals surface area (Å²) >= 11 is 0. The van der Waals surface area contributed by atoms with Crippen LogP contribution < -0.4 is 15.1 Å². The van der Waals surface area contributed by atoms with Gasteiger partial charge in [0.05, 0.1) is 11.6 Å². The largest absolute Gasteiger partial charge is 0.446 e. The third-order valence-electron chi connectivity index (χ3n) is 7.97. The number of hydrogen-bond donors (Lipinski definition) is 1. The molecule has 2 heterocycles. The highest BCUT2D eigenvalue weighted by Gasteiger charge is 2.57. The number of ether oxygens (including phenoxy) is 1. The van der Waals surface area contributed by atoms with Gasteiger partial charge in [-0.05, 0) is 54.3 Å². The molecule has 9 nitrogen and oxygen atoms in total. The molecule has 2 atom stereocenters. The van der Waals surface area contributed by atoms with E-state index in [4.69, 9.17) is 4.74 Å². The van der Waals surface area contributed by atoms with Crippen molar-refractivity contribution in [2.24, 2.45) is 0 Å². The number of halogens is 3. The topological polar surface area (TPSA) is 116 Å². The average molecular weight is 576 g/mol. The average Bonchev–Trinajstić information content (AvgIpc) is 3.54. The zero-order valence-electron chi connectivity index (χ0n) is 22.1. The maximum atomic E-state index is 14.7. The van der Waals surface area contributed by atoms with Gasteiger partial charge in [0.15, 0.2) is 11.6 Å². The number of benzene rings is 2. The Morgan fingerprint density at radius 2 is 1.90 bits per heavy atom. The number of rotatable bonds is 6. The molecule has 3 aliphatic rings. The van der Waals surface area contributed by atoms with Gasteiger partial charge in [0.2, 0.25) is 0 Å². The summed E-state index contributed by atoms with van der Waals surface area (Å²) in [7, 11) is 0. The Labute approximate surface area is 238 Å². The van der Waals surface area contributed by atoms with Gasteiger partial charge in [-0.3, -0.25) is 14.5 Å². The van der Waals surface area contributed by atoms with Crippen LogP contribution in [0.3, 0.4) is 0 Å². The lowest BCUT2D eigenvalue weighted by Crippen LogP contribution is -2.64. The molecule has 42 heavy (non-hydrogen) atoms. The van der Waals surface area contributed by atoms with E-state index in [0.29, 0.717) is 12.0 Å². The Kier molecular flexibility index (Phi) is 6.60. The highest BCUT2D eigenvalue weighted by atomic mass is 19.3. The Morgan fingerprint density at radius 1 is 1.12 bits per heavy atom. The molecule has 1 saturated heterocycles. The van der Waals surface area contributed by atoms with E-state index in [0.717, 1.165) is 21.4 Å². The Morgan fingerprint density at radius 3 is 2.64 bits per heavy atom. The van der Waals surface area contributed by atoms with E-state index in [9.17, 15) is 32.8 Å². The van der Waals surface area contributed by atoms with Crippen LogP contribution in [0, 0.1) is 17.1 Å². The molecule has 1 N–H and O–H groups in total. The molecular formula is C30H24F3N5O4. The van der Waals surface area contributed by atoms with Crippen LogP contribution in [0.15, 0.2) is 66.9 Å². The van der Waals surface area contributed by atoms with Crippen molar-refractivity contribution in [3.8, 4) is 6.07 Å². The van der Waals surface area contributed by atoms with E-state index < -0.39 is 66.7 Å². The second-order valence-corrected chi connectivity index (χ2v) is 10.6. The number of carbonyl (C=O) groups excluding carboxylic acids is 3. The molecule has 12 heteroatoms. The summed E-state index contributed by atoms with van der Waals surface area (Å²) in [5.41, 5.74) is -0.312. The first-order valence-electron chi connectivity index (χ1n) is 13.3. The number of amides is 3. The molecular weight excluding hydrogens is 551 g/mol. The highest BCUT2D eigenvalue weighted by molar-refractivity contribution is 6.11. The van der Waals surface area contributed by atoms with Crippen LogP contribution in [0.1, 0.15) is 36.0 Å². The molecule has 0 spiro atoms. The lowest BCUT2D eigenvalue weighted by Gasteiger charge is -2.44. The molecule has 6 rings (SSSR count). The lowest BCUT2D eigenvalue weighted by molar-refractivity contribution is -0.137. The predicted octanol–water partition coefficient (Wildman–Crippen LogP) is 4.21. The van der Waals surface area contributed by atoms with Crippen molar-refractivity contribution < 1.29 is 32.3 Å². The minimum atomic E-state index is -2.90. The second kappa shape index (κ2) is 10.2. The van der Waals surface area contributed by atoms with Crippen molar-refractivity contribution in [1.29, 1.82) is 5.26 Å². The molecule has 3 aromatic rings. The van der Waals surface area contributed by atoms with E-state index in [1.54, 1.807) is 18.2 Å². The summed E-state index contributed by atoms with van der Waals surface area (Å²) in [4.78, 5) is 48.1. The molecule has 214 valence electrons. The van der Waals surface area contributed by atoms with E-state index in [-0.39, 0.29) is 23.5 Å². The third-order valence-corrected chi connectivity index (χ3v) is 7.97. The molecule has 1 aliphatic heterocycles. The van der Waals surface area contributed by atoms with Gasteiger partial charge in [0, 0.05) is 30.8 Å². The number of fused-ring (bicyclic) bond motifs is 1. The summed E-state index contributed by atoms with van der Waals surface area (Å²) in [5.74, 6) is -5.06. The van der Waals surface area contributed by atoms with Crippen LogP contribution in [0.2, 0.25) is 0 Å². The smallest absolute Gasteiger partial charge is 0.416 e. The van der Waals surface area contributed by atoms with Crippen LogP contribution in [-0.2, 0) is 26.3 Å². The molecule has 2 fully saturated rings. The number of alkyl halides is 2. The minimum absolute atomic E-state index is 0.0175. The normalized spacial score (nSPS) is 22.5. The Hall–Kier alpha value is -4.92. The van der Waals surface area contributed by atoms with Crippen LogP contribution in [0.5, 0.6) is 0 Å². The number of aromatic nitrogens is 1. The summed E-state index contributed by atoms with van der Waals surface area (Å²) in [6.07, 6.45) is -0.209. The summed E-state index contributed by atoms with van der Waals surface area (Å²) in [6.45, 7) is -0.407. The quantitative estimate of drug-likeness (QED) is 0.471. The van der Waals surface area contributed by atoms with Crippen molar-refractivity contribution in [1.82, 2.24) is 10.3 Å². The highest BCUT2D eigenvalue weighted by Crippen LogP contribution is 2.46. The molecule has 1 saturated carbocycles. The number of cyclic esters (lactones) is 1. The van der Waals surface area contributed by atoms with E-state index in [2.05, 4.69) is 10.3 Å². The lowest BCUT2D eigenvalue weighted by atomic mass is 9.83. The molecule has 0 bridgehead atoms. The van der Waals surface area contributed by atoms with Gasteiger partial charge >= 0.3 is 6.09 Å². The van der Waals surface area contributed by atoms with Crippen molar-refractivity contribution in [2.45, 2.75) is 49.2 Å². The Balaban J connectivity index is 1.49. The number of nitrogens with zero attached hydrogens (tertiary/aromatic N) is 4. The van der Waals surface area contributed by atoms with Crippen LogP contribution in [0.25, 0.3) is 0 Å². The Bertz CT molecular complexity index is 1630. The summed E-state index contributed by atoms with van der Waals surface area (Å²) in [5, 5.41) is 12.1. The van der Waals surface area contributed by atoms with Gasteiger partial charge in [-0.2, -0.15) is 5.26 Å². The van der Waals surface area contributed by atoms with Crippen molar-refractivity contribution in [2.75, 3.05) is 16.4 Å². The third kappa shape index (κ3) is 4.51. The maximum Gasteiger partial charge on any atom is 0.416 e. The van der Waals surface area contributed by atoms with Gasteiger partial charge < -0.3 is 10.1 Å². The van der Waals surface area contributed by atoms with E-state index >= 15 is 0 Å². The molecule has 2 aliphatic carbocycles. The van der Waals surface area contributed by atoms with Crippen molar-refractivity contribution in [3.05, 3.63) is 89.4 Å². The fraction of sp³-hybridized carbons (Fsp3) is 0.300. The first-order chi connectivity index (χ1) is 20.1. The van der Waals surface area contributed by atoms with Gasteiger partial charge in [0.1, 0.15) is 18.2 Å². The SMILES string of the molecule is N#Cc1ccnc(N2C(=O)OC[C@H]2C(=O)N(c2cccc(F)c2)[C@@]2(C(=O)NC3CC(F)(F)C3)CCc3ccccc32)c1. The fourth-order valence-electron chi connectivity index (χ4n) is 6.01. The molecule has 3 amide bonds. The van der Waals surface area contributed by atoms with Gasteiger partial charge in [-0.1, -0.05) is 30.3 Å². The molecule has 1 aromatic heterocycles. The minimum Gasteiger partial charge on any atom is -0.446 e. The second-order valence-electron chi connectivity index (χ2n) is 10.6.